The van der Waals surface area contributed by atoms with E-state index in [0.29, 0.717) is 17.5 Å². The number of aromatic nitrogens is 1. The van der Waals surface area contributed by atoms with Crippen molar-refractivity contribution < 1.29 is 13.9 Å². The molecule has 2 aromatic heterocycles. The molecule has 0 aliphatic heterocycles. The number of hydrogen-bond acceptors (Lipinski definition) is 6. The van der Waals surface area contributed by atoms with E-state index < -0.39 is 23.2 Å². The van der Waals surface area contributed by atoms with Crippen LogP contribution in [0.25, 0.3) is 11.1 Å². The van der Waals surface area contributed by atoms with Crippen molar-refractivity contribution in [2.45, 2.75) is 50.3 Å². The number of nitrogens with zero attached hydrogens (tertiary/aromatic N) is 1. The van der Waals surface area contributed by atoms with Gasteiger partial charge in [-0.3, -0.25) is 19.4 Å². The highest BCUT2D eigenvalue weighted by molar-refractivity contribution is 7.80. The summed E-state index contributed by atoms with van der Waals surface area (Å²) in [6, 6.07) is 1.57. The third kappa shape index (κ3) is 3.76. The van der Waals surface area contributed by atoms with Gasteiger partial charge < -0.3 is 10.1 Å². The van der Waals surface area contributed by atoms with Crippen LogP contribution in [0.15, 0.2) is 28.0 Å². The number of rotatable bonds is 5. The molecule has 3 rings (SSSR count). The van der Waals surface area contributed by atoms with Gasteiger partial charge in [-0.2, -0.15) is 0 Å². The van der Waals surface area contributed by atoms with Crippen molar-refractivity contribution >= 4 is 41.8 Å². The molecule has 1 aliphatic carbocycles. The minimum absolute atomic E-state index is 0.110. The van der Waals surface area contributed by atoms with E-state index in [4.69, 9.17) is 15.6 Å². The van der Waals surface area contributed by atoms with Crippen molar-refractivity contribution in [1.82, 2.24) is 4.40 Å². The Morgan fingerprint density at radius 2 is 2.14 bits per heavy atom. The SMILES string of the molecule is CC/C=C(\C=N)c1cc2c(C3CCC3)c(S)c(C(=N)OC(C)=O)c(=O)n2cc1F. The fraction of sp³-hybridized carbons (Fsp3) is 0.333. The highest BCUT2D eigenvalue weighted by Crippen LogP contribution is 2.42. The lowest BCUT2D eigenvalue weighted by atomic mass is 9.79. The third-order valence-electron chi connectivity index (χ3n) is 5.12. The Kier molecular flexibility index (Phi) is 6.02. The first kappa shape index (κ1) is 21.0. The second-order valence-corrected chi connectivity index (χ2v) is 7.44. The Hall–Kier alpha value is -2.74. The van der Waals surface area contributed by atoms with Gasteiger partial charge in [0.25, 0.3) is 5.56 Å². The molecule has 0 saturated heterocycles. The van der Waals surface area contributed by atoms with Crippen LogP contribution in [0.4, 0.5) is 4.39 Å². The van der Waals surface area contributed by atoms with Gasteiger partial charge in [-0.15, -0.1) is 12.6 Å². The normalized spacial score (nSPS) is 14.6. The van der Waals surface area contributed by atoms with Crippen molar-refractivity contribution in [3.8, 4) is 0 Å². The standard InChI is InChI=1S/C21H22FN3O3S/c1-3-5-13(9-23)14-8-16-17(12-6-4-7-12)19(29)18(20(24)28-11(2)26)21(27)25(16)10-15(14)22/h5,8-10,12,23-24,29H,3-4,6-7H2,1-2H3/b13-5+,23-9?,24-20?. The van der Waals surface area contributed by atoms with Crippen LogP contribution in [-0.4, -0.2) is 22.5 Å². The minimum atomic E-state index is -0.723. The molecule has 0 atom stereocenters. The van der Waals surface area contributed by atoms with E-state index in [1.807, 2.05) is 6.92 Å². The minimum Gasteiger partial charge on any atom is -0.407 e. The van der Waals surface area contributed by atoms with Gasteiger partial charge in [0, 0.05) is 29.8 Å². The van der Waals surface area contributed by atoms with Gasteiger partial charge in [0.15, 0.2) is 0 Å². The van der Waals surface area contributed by atoms with E-state index in [-0.39, 0.29) is 21.9 Å². The average Bonchev–Trinajstić information content (AvgIpc) is 2.61. The molecule has 2 aromatic rings. The molecule has 0 spiro atoms. The van der Waals surface area contributed by atoms with Crippen LogP contribution in [0.3, 0.4) is 0 Å². The Labute approximate surface area is 172 Å². The monoisotopic (exact) mass is 415 g/mol. The van der Waals surface area contributed by atoms with Crippen LogP contribution in [-0.2, 0) is 9.53 Å². The Bertz CT molecular complexity index is 1120. The number of carbonyl (C=O) groups excluding carboxylic acids is 1. The molecule has 1 fully saturated rings. The van der Waals surface area contributed by atoms with E-state index >= 15 is 0 Å². The Morgan fingerprint density at radius 1 is 1.45 bits per heavy atom. The summed E-state index contributed by atoms with van der Waals surface area (Å²) in [6.07, 6.45) is 7.33. The zero-order valence-corrected chi connectivity index (χ0v) is 17.1. The lowest BCUT2D eigenvalue weighted by Crippen LogP contribution is -2.28. The number of hydrogen-bond donors (Lipinski definition) is 3. The van der Waals surface area contributed by atoms with Gasteiger partial charge in [0.05, 0.1) is 5.52 Å². The summed E-state index contributed by atoms with van der Waals surface area (Å²) >= 11 is 4.52. The lowest BCUT2D eigenvalue weighted by molar-refractivity contribution is -0.133. The molecule has 152 valence electrons. The molecule has 0 aromatic carbocycles. The van der Waals surface area contributed by atoms with Gasteiger partial charge in [-0.05, 0) is 42.4 Å². The van der Waals surface area contributed by atoms with E-state index in [0.717, 1.165) is 48.6 Å². The molecular formula is C21H22FN3O3S. The van der Waals surface area contributed by atoms with Gasteiger partial charge in [-0.25, -0.2) is 4.39 Å². The Morgan fingerprint density at radius 3 is 2.66 bits per heavy atom. The predicted octanol–water partition coefficient (Wildman–Crippen LogP) is 4.33. The van der Waals surface area contributed by atoms with Gasteiger partial charge >= 0.3 is 5.97 Å². The van der Waals surface area contributed by atoms with Crippen LogP contribution in [0.5, 0.6) is 0 Å². The fourth-order valence-electron chi connectivity index (χ4n) is 3.57. The first-order valence-electron chi connectivity index (χ1n) is 9.39. The van der Waals surface area contributed by atoms with Crippen LogP contribution in [0.2, 0.25) is 0 Å². The molecule has 2 N–H and O–H groups in total. The van der Waals surface area contributed by atoms with Crippen LogP contribution in [0, 0.1) is 16.6 Å². The number of halogens is 1. The maximum Gasteiger partial charge on any atom is 0.309 e. The summed E-state index contributed by atoms with van der Waals surface area (Å²) in [6.45, 7) is 3.04. The first-order valence-corrected chi connectivity index (χ1v) is 9.83. The van der Waals surface area contributed by atoms with Crippen molar-refractivity contribution in [1.29, 1.82) is 10.8 Å². The molecule has 0 unspecified atom stereocenters. The number of ether oxygens (including phenoxy) is 1. The summed E-state index contributed by atoms with van der Waals surface area (Å²) in [5.41, 5.74) is 1.04. The molecule has 8 heteroatoms. The van der Waals surface area contributed by atoms with Crippen molar-refractivity contribution in [2.75, 3.05) is 0 Å². The summed E-state index contributed by atoms with van der Waals surface area (Å²) in [4.78, 5) is 24.6. The molecular weight excluding hydrogens is 393 g/mol. The summed E-state index contributed by atoms with van der Waals surface area (Å²) in [7, 11) is 0. The third-order valence-corrected chi connectivity index (χ3v) is 5.58. The maximum absolute atomic E-state index is 14.9. The van der Waals surface area contributed by atoms with Crippen LogP contribution < -0.4 is 5.56 Å². The van der Waals surface area contributed by atoms with Crippen LogP contribution >= 0.6 is 12.6 Å². The molecule has 6 nitrogen and oxygen atoms in total. The Balaban J connectivity index is 2.38. The zero-order valence-electron chi connectivity index (χ0n) is 16.2. The van der Waals surface area contributed by atoms with E-state index in [9.17, 15) is 14.0 Å². The second-order valence-electron chi connectivity index (χ2n) is 7.00. The number of esters is 1. The lowest BCUT2D eigenvalue weighted by Gasteiger charge is -2.29. The highest BCUT2D eigenvalue weighted by atomic mass is 32.1. The van der Waals surface area contributed by atoms with Crippen molar-refractivity contribution in [3.05, 3.63) is 51.2 Å². The van der Waals surface area contributed by atoms with Gasteiger partial charge in [0.2, 0.25) is 5.90 Å². The molecule has 1 aliphatic rings. The van der Waals surface area contributed by atoms with Crippen molar-refractivity contribution in [2.24, 2.45) is 0 Å². The maximum atomic E-state index is 14.9. The molecule has 0 radical (unpaired) electrons. The first-order chi connectivity index (χ1) is 13.8. The fourth-order valence-corrected chi connectivity index (χ4v) is 4.06. The number of thiol groups is 1. The zero-order chi connectivity index (χ0) is 21.3. The summed E-state index contributed by atoms with van der Waals surface area (Å²) in [5, 5.41) is 15.7. The number of nitrogens with one attached hydrogen (secondary N) is 2. The summed E-state index contributed by atoms with van der Waals surface area (Å²) in [5.74, 6) is -1.87. The number of fused-ring (bicyclic) bond motifs is 1. The smallest absolute Gasteiger partial charge is 0.309 e. The number of pyridine rings is 2. The van der Waals surface area contributed by atoms with Crippen LogP contribution in [0.1, 0.15) is 62.1 Å². The van der Waals surface area contributed by atoms with E-state index in [2.05, 4.69) is 12.6 Å². The topological polar surface area (TPSA) is 95.5 Å². The summed E-state index contributed by atoms with van der Waals surface area (Å²) < 4.78 is 20.8. The largest absolute Gasteiger partial charge is 0.407 e. The molecule has 0 amide bonds. The van der Waals surface area contributed by atoms with E-state index in [1.165, 1.54) is 0 Å². The second kappa shape index (κ2) is 8.32. The van der Waals surface area contributed by atoms with Crippen molar-refractivity contribution in [3.63, 3.8) is 0 Å². The molecule has 2 heterocycles. The average molecular weight is 415 g/mol. The van der Waals surface area contributed by atoms with E-state index in [1.54, 1.807) is 12.1 Å². The van der Waals surface area contributed by atoms with Gasteiger partial charge in [-0.1, -0.05) is 19.4 Å². The number of carbonyl (C=O) groups is 1. The highest BCUT2D eigenvalue weighted by Gasteiger charge is 2.29. The predicted molar refractivity (Wildman–Crippen MR) is 113 cm³/mol. The molecule has 29 heavy (non-hydrogen) atoms. The van der Waals surface area contributed by atoms with Gasteiger partial charge in [0.1, 0.15) is 11.4 Å². The molecule has 1 saturated carbocycles. The quantitative estimate of drug-likeness (QED) is 0.294. The molecule has 0 bridgehead atoms. The number of allylic oxidation sites excluding steroid dienone is 2.